The van der Waals surface area contributed by atoms with E-state index in [1.807, 2.05) is 0 Å². The van der Waals surface area contributed by atoms with Gasteiger partial charge >= 0.3 is 0 Å². The molecule has 8 nitrogen and oxygen atoms in total. The van der Waals surface area contributed by atoms with Gasteiger partial charge < -0.3 is 25.1 Å². The largest absolute Gasteiger partial charge is 0.508 e. The zero-order valence-corrected chi connectivity index (χ0v) is 17.0. The number of ether oxygens (including phenoxy) is 2. The van der Waals surface area contributed by atoms with Crippen molar-refractivity contribution in [3.05, 3.63) is 46.4 Å². The third-order valence-corrected chi connectivity index (χ3v) is 6.79. The molecule has 156 valence electrons. The first-order valence-electron chi connectivity index (χ1n) is 9.15. The maximum Gasteiger partial charge on any atom is 0.253 e. The summed E-state index contributed by atoms with van der Waals surface area (Å²) >= 11 is 0. The number of benzene rings is 1. The van der Waals surface area contributed by atoms with Crippen LogP contribution in [0.3, 0.4) is 0 Å². The van der Waals surface area contributed by atoms with Gasteiger partial charge in [-0.15, -0.1) is 0 Å². The Morgan fingerprint density at radius 1 is 1.21 bits per heavy atom. The number of aliphatic hydroxyl groups excluding tert-OH is 2. The van der Waals surface area contributed by atoms with Crippen LogP contribution in [0.2, 0.25) is 0 Å². The highest BCUT2D eigenvalue weighted by molar-refractivity contribution is 7.91. The van der Waals surface area contributed by atoms with Crippen LogP contribution in [-0.4, -0.2) is 47.9 Å². The number of Topliss-reactive ketones (excluding diaryl/α,β-unsaturated/α-hetero) is 1. The number of carbonyl (C=O) groups excluding carboxylic acids is 1. The number of carbonyl (C=O) groups is 1. The minimum absolute atomic E-state index is 0.0570. The van der Waals surface area contributed by atoms with Crippen molar-refractivity contribution in [2.45, 2.75) is 38.9 Å². The van der Waals surface area contributed by atoms with Crippen LogP contribution in [0.5, 0.6) is 11.5 Å². The van der Waals surface area contributed by atoms with Gasteiger partial charge in [-0.3, -0.25) is 4.79 Å². The standard InChI is InChI=1S/C20H23NO7S/c1-3-15(22)14(17(24)11-21)10-16(23)13-5-4-12(2)18-19(13)28-20(27-18)6-8-29(25,26)9-7-20/h3-5,11,21-22,24H,6-10H2,1-2H3/b15-3+,17-14+,21-11?. The predicted molar refractivity (Wildman–Crippen MR) is 107 cm³/mol. The normalized spacial score (nSPS) is 20.3. The summed E-state index contributed by atoms with van der Waals surface area (Å²) in [5.74, 6) is -1.84. The second-order valence-electron chi connectivity index (χ2n) is 7.14. The fourth-order valence-electron chi connectivity index (χ4n) is 3.38. The molecule has 0 saturated carbocycles. The average molecular weight is 421 g/mol. The molecule has 2 heterocycles. The Kier molecular flexibility index (Phi) is 5.44. The summed E-state index contributed by atoms with van der Waals surface area (Å²) in [5.41, 5.74) is 0.880. The van der Waals surface area contributed by atoms with E-state index >= 15 is 0 Å². The maximum atomic E-state index is 13.0. The third-order valence-electron chi connectivity index (χ3n) is 5.14. The molecule has 2 aliphatic heterocycles. The minimum Gasteiger partial charge on any atom is -0.508 e. The number of fused-ring (bicyclic) bond motifs is 1. The van der Waals surface area contributed by atoms with Crippen LogP contribution in [0.25, 0.3) is 0 Å². The Labute approximate surface area is 168 Å². The number of hydrogen-bond acceptors (Lipinski definition) is 8. The van der Waals surface area contributed by atoms with Gasteiger partial charge in [0.05, 0.1) is 23.3 Å². The van der Waals surface area contributed by atoms with Crippen molar-refractivity contribution in [2.24, 2.45) is 0 Å². The minimum atomic E-state index is -3.13. The Morgan fingerprint density at radius 2 is 1.83 bits per heavy atom. The van der Waals surface area contributed by atoms with E-state index in [1.54, 1.807) is 26.0 Å². The number of aryl methyl sites for hydroxylation is 1. The quantitative estimate of drug-likeness (QED) is 0.288. The van der Waals surface area contributed by atoms with Crippen molar-refractivity contribution >= 4 is 21.8 Å². The van der Waals surface area contributed by atoms with Gasteiger partial charge in [-0.1, -0.05) is 6.07 Å². The van der Waals surface area contributed by atoms with Crippen LogP contribution in [0.1, 0.15) is 42.1 Å². The number of ketones is 1. The first-order chi connectivity index (χ1) is 13.6. The second-order valence-corrected chi connectivity index (χ2v) is 9.44. The van der Waals surface area contributed by atoms with E-state index in [0.717, 1.165) is 5.56 Å². The van der Waals surface area contributed by atoms with Crippen LogP contribution in [0.15, 0.2) is 35.3 Å². The van der Waals surface area contributed by atoms with Gasteiger partial charge in [0.15, 0.2) is 27.1 Å². The van der Waals surface area contributed by atoms with Gasteiger partial charge in [0.1, 0.15) is 11.5 Å². The molecule has 9 heteroatoms. The number of aliphatic hydroxyl groups is 2. The van der Waals surface area contributed by atoms with Crippen LogP contribution in [0.4, 0.5) is 0 Å². The summed E-state index contributed by atoms with van der Waals surface area (Å²) in [6.45, 7) is 3.34. The van der Waals surface area contributed by atoms with Crippen molar-refractivity contribution < 1.29 is 32.9 Å². The number of hydrogen-bond donors (Lipinski definition) is 3. The molecule has 0 aromatic heterocycles. The molecule has 0 unspecified atom stereocenters. The van der Waals surface area contributed by atoms with Gasteiger partial charge in [0, 0.05) is 24.8 Å². The molecule has 1 saturated heterocycles. The second kappa shape index (κ2) is 7.55. The molecule has 0 amide bonds. The molecule has 3 N–H and O–H groups in total. The number of rotatable bonds is 5. The van der Waals surface area contributed by atoms with Crippen LogP contribution in [0, 0.1) is 12.3 Å². The summed E-state index contributed by atoms with van der Waals surface area (Å²) in [6, 6.07) is 3.27. The zero-order valence-electron chi connectivity index (χ0n) is 16.2. The van der Waals surface area contributed by atoms with Crippen molar-refractivity contribution in [3.63, 3.8) is 0 Å². The van der Waals surface area contributed by atoms with E-state index in [-0.39, 0.29) is 53.4 Å². The van der Waals surface area contributed by atoms with Crippen molar-refractivity contribution in [3.8, 4) is 11.5 Å². The Morgan fingerprint density at radius 3 is 2.41 bits per heavy atom. The number of allylic oxidation sites excluding steroid dienone is 3. The zero-order chi connectivity index (χ0) is 21.4. The van der Waals surface area contributed by atoms with Gasteiger partial charge in [0.2, 0.25) is 0 Å². The van der Waals surface area contributed by atoms with Crippen molar-refractivity contribution in [1.29, 1.82) is 5.41 Å². The molecule has 1 spiro atoms. The lowest BCUT2D eigenvalue weighted by atomic mass is 9.98. The van der Waals surface area contributed by atoms with E-state index in [1.165, 1.54) is 6.08 Å². The van der Waals surface area contributed by atoms with E-state index in [2.05, 4.69) is 0 Å². The first kappa shape index (κ1) is 20.9. The van der Waals surface area contributed by atoms with Crippen LogP contribution < -0.4 is 9.47 Å². The van der Waals surface area contributed by atoms with Crippen LogP contribution >= 0.6 is 0 Å². The third kappa shape index (κ3) is 4.00. The molecule has 1 aromatic rings. The van der Waals surface area contributed by atoms with E-state index in [0.29, 0.717) is 12.0 Å². The molecular formula is C20H23NO7S. The number of sulfone groups is 1. The lowest BCUT2D eigenvalue weighted by molar-refractivity contribution is -0.0859. The molecular weight excluding hydrogens is 398 g/mol. The molecule has 3 rings (SSSR count). The van der Waals surface area contributed by atoms with Gasteiger partial charge in [-0.05, 0) is 31.6 Å². The lowest BCUT2D eigenvalue weighted by Crippen LogP contribution is -2.46. The highest BCUT2D eigenvalue weighted by atomic mass is 32.2. The summed E-state index contributed by atoms with van der Waals surface area (Å²) < 4.78 is 35.5. The number of nitrogens with one attached hydrogen (secondary N) is 1. The van der Waals surface area contributed by atoms with Crippen molar-refractivity contribution in [2.75, 3.05) is 11.5 Å². The Hall–Kier alpha value is -2.81. The predicted octanol–water partition coefficient (Wildman–Crippen LogP) is 3.17. The Bertz CT molecular complexity index is 1020. The smallest absolute Gasteiger partial charge is 0.253 e. The van der Waals surface area contributed by atoms with E-state index in [4.69, 9.17) is 14.9 Å². The molecule has 29 heavy (non-hydrogen) atoms. The SMILES string of the molecule is C/C=C(O)\C(CC(=O)c1ccc(C)c2c1OC1(CCS(=O)(=O)CC1)O2)=C(\O)C=N. The van der Waals surface area contributed by atoms with Gasteiger partial charge in [0.25, 0.3) is 5.79 Å². The van der Waals surface area contributed by atoms with Gasteiger partial charge in [-0.2, -0.15) is 0 Å². The van der Waals surface area contributed by atoms with Crippen LogP contribution in [-0.2, 0) is 9.84 Å². The summed E-state index contributed by atoms with van der Waals surface area (Å²) in [4.78, 5) is 13.0. The highest BCUT2D eigenvalue weighted by Crippen LogP contribution is 2.48. The Balaban J connectivity index is 1.94. The van der Waals surface area contributed by atoms with E-state index < -0.39 is 27.2 Å². The monoisotopic (exact) mass is 421 g/mol. The summed E-state index contributed by atoms with van der Waals surface area (Å²) in [5, 5.41) is 27.0. The first-order valence-corrected chi connectivity index (χ1v) is 11.0. The molecule has 0 radical (unpaired) electrons. The summed E-state index contributed by atoms with van der Waals surface area (Å²) in [7, 11) is -3.13. The highest BCUT2D eigenvalue weighted by Gasteiger charge is 2.47. The molecule has 0 aliphatic carbocycles. The lowest BCUT2D eigenvalue weighted by Gasteiger charge is -2.31. The molecule has 2 aliphatic rings. The topological polar surface area (TPSA) is 134 Å². The van der Waals surface area contributed by atoms with Gasteiger partial charge in [-0.25, -0.2) is 8.42 Å². The fraction of sp³-hybridized carbons (Fsp3) is 0.400. The molecule has 0 atom stereocenters. The van der Waals surface area contributed by atoms with E-state index in [9.17, 15) is 23.4 Å². The maximum absolute atomic E-state index is 13.0. The average Bonchev–Trinajstić information content (AvgIpc) is 3.08. The molecule has 1 fully saturated rings. The summed E-state index contributed by atoms with van der Waals surface area (Å²) in [6.07, 6.45) is 1.95. The molecule has 0 bridgehead atoms. The fourth-order valence-corrected chi connectivity index (χ4v) is 4.83. The van der Waals surface area contributed by atoms with Crippen molar-refractivity contribution in [1.82, 2.24) is 0 Å². The molecule has 1 aromatic carbocycles.